The molecule has 1 unspecified atom stereocenters. The zero-order valence-electron chi connectivity index (χ0n) is 10.0. The number of nitrogens with two attached hydrogens (primary N) is 1. The van der Waals surface area contributed by atoms with Crippen LogP contribution in [0, 0.1) is 0 Å². The van der Waals surface area contributed by atoms with E-state index in [1.807, 2.05) is 6.92 Å². The first kappa shape index (κ1) is 14.2. The van der Waals surface area contributed by atoms with Gasteiger partial charge in [-0.15, -0.1) is 0 Å². The average Bonchev–Trinajstić information content (AvgIpc) is 2.26. The quantitative estimate of drug-likeness (QED) is 0.238. The number of amidine groups is 1. The van der Waals surface area contributed by atoms with E-state index >= 15 is 0 Å². The SMILES string of the molecule is CCCN(CC)CCNC(C)C(N)=NO. The zero-order chi connectivity index (χ0) is 11.7. The third-order valence-electron chi connectivity index (χ3n) is 2.42. The summed E-state index contributed by atoms with van der Waals surface area (Å²) in [7, 11) is 0. The minimum atomic E-state index is -0.0738. The molecule has 0 fully saturated rings. The Hall–Kier alpha value is -0.810. The Morgan fingerprint density at radius 2 is 2.13 bits per heavy atom. The summed E-state index contributed by atoms with van der Waals surface area (Å²) >= 11 is 0. The van der Waals surface area contributed by atoms with Crippen LogP contribution in [0.4, 0.5) is 0 Å². The highest BCUT2D eigenvalue weighted by Gasteiger charge is 2.06. The Kier molecular flexibility index (Phi) is 8.04. The average molecular weight is 216 g/mol. The topological polar surface area (TPSA) is 73.9 Å². The van der Waals surface area contributed by atoms with Crippen molar-refractivity contribution in [2.75, 3.05) is 26.2 Å². The van der Waals surface area contributed by atoms with Gasteiger partial charge in [0.05, 0.1) is 6.04 Å². The van der Waals surface area contributed by atoms with Crippen LogP contribution in [0.2, 0.25) is 0 Å². The maximum Gasteiger partial charge on any atom is 0.156 e. The smallest absolute Gasteiger partial charge is 0.156 e. The van der Waals surface area contributed by atoms with Crippen LogP contribution in [0.25, 0.3) is 0 Å². The van der Waals surface area contributed by atoms with E-state index in [2.05, 4.69) is 29.2 Å². The molecule has 0 aromatic rings. The van der Waals surface area contributed by atoms with Gasteiger partial charge in [0.25, 0.3) is 0 Å². The first-order valence-corrected chi connectivity index (χ1v) is 5.58. The van der Waals surface area contributed by atoms with E-state index in [4.69, 9.17) is 10.9 Å². The Labute approximate surface area is 92.3 Å². The van der Waals surface area contributed by atoms with Crippen molar-refractivity contribution in [2.45, 2.75) is 33.2 Å². The molecule has 0 spiro atoms. The second kappa shape index (κ2) is 8.49. The van der Waals surface area contributed by atoms with Gasteiger partial charge in [0.2, 0.25) is 0 Å². The summed E-state index contributed by atoms with van der Waals surface area (Å²) in [5.74, 6) is 0.230. The fourth-order valence-electron chi connectivity index (χ4n) is 1.37. The highest BCUT2D eigenvalue weighted by atomic mass is 16.4. The normalized spacial score (nSPS) is 14.5. The molecule has 1 atom stereocenters. The van der Waals surface area contributed by atoms with Crippen molar-refractivity contribution >= 4 is 5.84 Å². The summed E-state index contributed by atoms with van der Waals surface area (Å²) in [4.78, 5) is 2.37. The molecule has 0 rings (SSSR count). The predicted molar refractivity (Wildman–Crippen MR) is 63.3 cm³/mol. The molecule has 15 heavy (non-hydrogen) atoms. The van der Waals surface area contributed by atoms with Crippen LogP contribution in [0.5, 0.6) is 0 Å². The van der Waals surface area contributed by atoms with E-state index in [-0.39, 0.29) is 11.9 Å². The Balaban J connectivity index is 3.67. The lowest BCUT2D eigenvalue weighted by Crippen LogP contribution is -2.42. The van der Waals surface area contributed by atoms with Gasteiger partial charge in [0.1, 0.15) is 0 Å². The first-order valence-electron chi connectivity index (χ1n) is 5.58. The van der Waals surface area contributed by atoms with E-state index in [0.717, 1.165) is 26.2 Å². The third kappa shape index (κ3) is 6.30. The number of rotatable bonds is 8. The van der Waals surface area contributed by atoms with Crippen molar-refractivity contribution in [3.8, 4) is 0 Å². The van der Waals surface area contributed by atoms with E-state index in [9.17, 15) is 0 Å². The van der Waals surface area contributed by atoms with Gasteiger partial charge in [-0.25, -0.2) is 0 Å². The van der Waals surface area contributed by atoms with Crippen molar-refractivity contribution in [1.82, 2.24) is 10.2 Å². The highest BCUT2D eigenvalue weighted by Crippen LogP contribution is 1.90. The van der Waals surface area contributed by atoms with Crippen molar-refractivity contribution in [3.63, 3.8) is 0 Å². The molecule has 0 amide bonds. The summed E-state index contributed by atoms with van der Waals surface area (Å²) < 4.78 is 0. The van der Waals surface area contributed by atoms with Crippen molar-refractivity contribution in [3.05, 3.63) is 0 Å². The first-order chi connectivity index (χ1) is 7.15. The van der Waals surface area contributed by atoms with Gasteiger partial charge in [0, 0.05) is 13.1 Å². The molecule has 0 aromatic heterocycles. The Bertz CT molecular complexity index is 184. The van der Waals surface area contributed by atoms with Crippen LogP contribution < -0.4 is 11.1 Å². The summed E-state index contributed by atoms with van der Waals surface area (Å²) in [5, 5.41) is 14.6. The summed E-state index contributed by atoms with van der Waals surface area (Å²) in [6.45, 7) is 10.2. The maximum atomic E-state index is 8.46. The monoisotopic (exact) mass is 216 g/mol. The number of nitrogens with one attached hydrogen (secondary N) is 1. The van der Waals surface area contributed by atoms with E-state index in [1.165, 1.54) is 6.42 Å². The van der Waals surface area contributed by atoms with Gasteiger partial charge in [-0.2, -0.15) is 0 Å². The summed E-state index contributed by atoms with van der Waals surface area (Å²) in [5.41, 5.74) is 5.45. The Morgan fingerprint density at radius 3 is 2.60 bits per heavy atom. The summed E-state index contributed by atoms with van der Waals surface area (Å²) in [6.07, 6.45) is 1.17. The number of oxime groups is 1. The molecule has 0 bridgehead atoms. The molecule has 0 saturated heterocycles. The molecule has 0 aliphatic rings. The third-order valence-corrected chi connectivity index (χ3v) is 2.42. The molecule has 0 saturated carbocycles. The molecular formula is C10H24N4O. The lowest BCUT2D eigenvalue weighted by Gasteiger charge is -2.21. The van der Waals surface area contributed by atoms with Gasteiger partial charge >= 0.3 is 0 Å². The van der Waals surface area contributed by atoms with Crippen LogP contribution in [-0.2, 0) is 0 Å². The molecule has 4 N–H and O–H groups in total. The fraction of sp³-hybridized carbons (Fsp3) is 0.900. The highest BCUT2D eigenvalue weighted by molar-refractivity contribution is 5.84. The van der Waals surface area contributed by atoms with Crippen LogP contribution in [-0.4, -0.2) is 48.2 Å². The molecular weight excluding hydrogens is 192 g/mol. The standard InChI is InChI=1S/C10H24N4O/c1-4-7-14(5-2)8-6-12-9(3)10(11)13-15/h9,12,15H,4-8H2,1-3H3,(H2,11,13). The molecule has 0 radical (unpaired) electrons. The van der Waals surface area contributed by atoms with Crippen molar-refractivity contribution < 1.29 is 5.21 Å². The van der Waals surface area contributed by atoms with Gasteiger partial charge in [-0.3, -0.25) is 0 Å². The lowest BCUT2D eigenvalue weighted by atomic mass is 10.3. The lowest BCUT2D eigenvalue weighted by molar-refractivity contribution is 0.285. The zero-order valence-corrected chi connectivity index (χ0v) is 10.0. The Morgan fingerprint density at radius 1 is 1.47 bits per heavy atom. The maximum absolute atomic E-state index is 8.46. The van der Waals surface area contributed by atoms with Crippen LogP contribution in [0.15, 0.2) is 5.16 Å². The second-order valence-corrected chi connectivity index (χ2v) is 3.63. The van der Waals surface area contributed by atoms with Gasteiger partial charge in [-0.05, 0) is 26.4 Å². The fourth-order valence-corrected chi connectivity index (χ4v) is 1.37. The molecule has 0 aliphatic carbocycles. The minimum absolute atomic E-state index is 0.0738. The van der Waals surface area contributed by atoms with Crippen molar-refractivity contribution in [1.29, 1.82) is 0 Å². The van der Waals surface area contributed by atoms with E-state index in [0.29, 0.717) is 0 Å². The van der Waals surface area contributed by atoms with Crippen LogP contribution >= 0.6 is 0 Å². The molecule has 5 heteroatoms. The van der Waals surface area contributed by atoms with E-state index in [1.54, 1.807) is 0 Å². The van der Waals surface area contributed by atoms with E-state index < -0.39 is 0 Å². The van der Waals surface area contributed by atoms with Crippen molar-refractivity contribution in [2.24, 2.45) is 10.9 Å². The molecule has 5 nitrogen and oxygen atoms in total. The van der Waals surface area contributed by atoms with Gasteiger partial charge in [0.15, 0.2) is 5.84 Å². The predicted octanol–water partition coefficient (Wildman–Crippen LogP) is 0.443. The molecule has 0 aliphatic heterocycles. The molecule has 0 heterocycles. The number of likely N-dealkylation sites (N-methyl/N-ethyl adjacent to an activating group) is 1. The van der Waals surface area contributed by atoms with Crippen LogP contribution in [0.1, 0.15) is 27.2 Å². The number of hydrogen-bond acceptors (Lipinski definition) is 4. The second-order valence-electron chi connectivity index (χ2n) is 3.63. The minimum Gasteiger partial charge on any atom is -0.409 e. The van der Waals surface area contributed by atoms with Gasteiger partial charge < -0.3 is 21.2 Å². The van der Waals surface area contributed by atoms with Gasteiger partial charge in [-0.1, -0.05) is 19.0 Å². The largest absolute Gasteiger partial charge is 0.409 e. The number of nitrogens with zero attached hydrogens (tertiary/aromatic N) is 2. The van der Waals surface area contributed by atoms with Crippen LogP contribution in [0.3, 0.4) is 0 Å². The molecule has 0 aromatic carbocycles. The summed E-state index contributed by atoms with van der Waals surface area (Å²) in [6, 6.07) is -0.0738. The number of hydrogen-bond donors (Lipinski definition) is 3. The molecule has 90 valence electrons.